The third-order valence-corrected chi connectivity index (χ3v) is 4.51. The summed E-state index contributed by atoms with van der Waals surface area (Å²) in [6.45, 7) is 3.21. The molecular weight excluding hydrogens is 382 g/mol. The van der Waals surface area contributed by atoms with Gasteiger partial charge in [0.15, 0.2) is 23.9 Å². The first-order valence-electron chi connectivity index (χ1n) is 9.33. The van der Waals surface area contributed by atoms with Gasteiger partial charge in [-0.3, -0.25) is 9.59 Å². The maximum absolute atomic E-state index is 12.2. The number of anilines is 1. The number of aromatic nitrogens is 4. The summed E-state index contributed by atoms with van der Waals surface area (Å²) >= 11 is 0. The summed E-state index contributed by atoms with van der Waals surface area (Å²) < 4.78 is 7.15. The van der Waals surface area contributed by atoms with Crippen molar-refractivity contribution >= 4 is 23.0 Å². The van der Waals surface area contributed by atoms with Crippen LogP contribution < -0.4 is 10.1 Å². The average molecular weight is 401 g/mol. The van der Waals surface area contributed by atoms with Gasteiger partial charge in [-0.25, -0.2) is 0 Å². The fraction of sp³-hybridized carbons (Fsp3) is 0.136. The van der Waals surface area contributed by atoms with E-state index in [1.54, 1.807) is 40.9 Å². The van der Waals surface area contributed by atoms with Crippen molar-refractivity contribution in [1.82, 2.24) is 19.8 Å². The summed E-state index contributed by atoms with van der Waals surface area (Å²) in [6.07, 6.45) is 0. The Labute approximate surface area is 172 Å². The summed E-state index contributed by atoms with van der Waals surface area (Å²) in [5, 5.41) is 15.4. The van der Waals surface area contributed by atoms with Crippen molar-refractivity contribution in [3.8, 4) is 17.0 Å². The van der Waals surface area contributed by atoms with Crippen molar-refractivity contribution in [2.75, 3.05) is 11.9 Å². The van der Waals surface area contributed by atoms with Crippen molar-refractivity contribution in [1.29, 1.82) is 0 Å². The lowest BCUT2D eigenvalue weighted by Gasteiger charge is -2.09. The molecule has 0 radical (unpaired) electrons. The number of fused-ring (bicyclic) bond motifs is 1. The van der Waals surface area contributed by atoms with E-state index >= 15 is 0 Å². The lowest BCUT2D eigenvalue weighted by molar-refractivity contribution is -0.118. The Morgan fingerprint density at radius 3 is 2.40 bits per heavy atom. The SMILES string of the molecule is CC(=O)c1ccc(OCC(=O)Nc2ccc(-c3ccc4nnc(C)n4n3)cc2)cc1. The van der Waals surface area contributed by atoms with Crippen LogP contribution in [-0.4, -0.2) is 38.1 Å². The van der Waals surface area contributed by atoms with E-state index < -0.39 is 0 Å². The number of hydrogen-bond donors (Lipinski definition) is 1. The van der Waals surface area contributed by atoms with Gasteiger partial charge in [0.2, 0.25) is 0 Å². The molecule has 1 N–H and O–H groups in total. The highest BCUT2D eigenvalue weighted by Crippen LogP contribution is 2.20. The maximum atomic E-state index is 12.2. The number of benzene rings is 2. The highest BCUT2D eigenvalue weighted by Gasteiger charge is 2.08. The molecule has 0 bridgehead atoms. The molecule has 2 aromatic heterocycles. The predicted molar refractivity (Wildman–Crippen MR) is 112 cm³/mol. The Bertz CT molecular complexity index is 1210. The molecule has 0 aliphatic rings. The number of amides is 1. The Balaban J connectivity index is 1.37. The zero-order valence-corrected chi connectivity index (χ0v) is 16.5. The van der Waals surface area contributed by atoms with Gasteiger partial charge in [0.1, 0.15) is 5.75 Å². The van der Waals surface area contributed by atoms with Crippen LogP contribution >= 0.6 is 0 Å². The van der Waals surface area contributed by atoms with Crippen LogP contribution in [0.25, 0.3) is 16.9 Å². The molecule has 2 heterocycles. The second-order valence-electron chi connectivity index (χ2n) is 6.73. The van der Waals surface area contributed by atoms with Crippen LogP contribution in [0.4, 0.5) is 5.69 Å². The fourth-order valence-corrected chi connectivity index (χ4v) is 2.91. The van der Waals surface area contributed by atoms with Crippen LogP contribution in [0.15, 0.2) is 60.7 Å². The van der Waals surface area contributed by atoms with Gasteiger partial charge in [0, 0.05) is 16.8 Å². The van der Waals surface area contributed by atoms with Crippen LogP contribution in [-0.2, 0) is 4.79 Å². The van der Waals surface area contributed by atoms with Gasteiger partial charge in [-0.15, -0.1) is 10.2 Å². The normalized spacial score (nSPS) is 10.7. The van der Waals surface area contributed by atoms with Crippen LogP contribution in [0.3, 0.4) is 0 Å². The van der Waals surface area contributed by atoms with Gasteiger partial charge in [-0.05, 0) is 62.4 Å². The van der Waals surface area contributed by atoms with Gasteiger partial charge in [-0.1, -0.05) is 12.1 Å². The molecule has 150 valence electrons. The van der Waals surface area contributed by atoms with Crippen molar-refractivity contribution in [2.24, 2.45) is 0 Å². The second-order valence-corrected chi connectivity index (χ2v) is 6.73. The molecule has 4 aromatic rings. The number of nitrogens with zero attached hydrogens (tertiary/aromatic N) is 4. The maximum Gasteiger partial charge on any atom is 0.262 e. The highest BCUT2D eigenvalue weighted by atomic mass is 16.5. The Hall–Kier alpha value is -4.07. The van der Waals surface area contributed by atoms with Gasteiger partial charge in [0.25, 0.3) is 5.91 Å². The first kappa shape index (κ1) is 19.3. The molecule has 0 unspecified atom stereocenters. The Morgan fingerprint density at radius 2 is 1.70 bits per heavy atom. The third kappa shape index (κ3) is 4.17. The minimum absolute atomic E-state index is 0.0188. The van der Waals surface area contributed by atoms with E-state index in [4.69, 9.17) is 4.74 Å². The van der Waals surface area contributed by atoms with Gasteiger partial charge in [-0.2, -0.15) is 9.61 Å². The lowest BCUT2D eigenvalue weighted by atomic mass is 10.1. The minimum atomic E-state index is -0.280. The molecule has 0 aliphatic heterocycles. The molecule has 0 aliphatic carbocycles. The largest absolute Gasteiger partial charge is 0.484 e. The third-order valence-electron chi connectivity index (χ3n) is 4.51. The molecule has 8 heteroatoms. The molecule has 8 nitrogen and oxygen atoms in total. The molecule has 0 fully saturated rings. The van der Waals surface area contributed by atoms with Crippen LogP contribution in [0, 0.1) is 6.92 Å². The molecule has 4 rings (SSSR count). The summed E-state index contributed by atoms with van der Waals surface area (Å²) in [6, 6.07) is 17.8. The van der Waals surface area contributed by atoms with Gasteiger partial charge >= 0.3 is 0 Å². The number of ketones is 1. The monoisotopic (exact) mass is 401 g/mol. The van der Waals surface area contributed by atoms with E-state index in [-0.39, 0.29) is 18.3 Å². The number of carbonyl (C=O) groups is 2. The zero-order valence-electron chi connectivity index (χ0n) is 16.5. The Kier molecular flexibility index (Phi) is 5.21. The van der Waals surface area contributed by atoms with Crippen LogP contribution in [0.5, 0.6) is 5.75 Å². The molecule has 0 spiro atoms. The molecule has 2 aromatic carbocycles. The van der Waals surface area contributed by atoms with E-state index in [2.05, 4.69) is 20.6 Å². The summed E-state index contributed by atoms with van der Waals surface area (Å²) in [7, 11) is 0. The Morgan fingerprint density at radius 1 is 0.967 bits per heavy atom. The number of carbonyl (C=O) groups excluding carboxylic acids is 2. The van der Waals surface area contributed by atoms with E-state index in [0.29, 0.717) is 28.5 Å². The van der Waals surface area contributed by atoms with Crippen LogP contribution in [0.2, 0.25) is 0 Å². The lowest BCUT2D eigenvalue weighted by Crippen LogP contribution is -2.20. The highest BCUT2D eigenvalue weighted by molar-refractivity contribution is 5.94. The number of ether oxygens (including phenoxy) is 1. The first-order valence-corrected chi connectivity index (χ1v) is 9.33. The summed E-state index contributed by atoms with van der Waals surface area (Å²) in [5.74, 6) is 0.940. The molecule has 0 saturated heterocycles. The van der Waals surface area contributed by atoms with Crippen molar-refractivity contribution in [3.63, 3.8) is 0 Å². The van der Waals surface area contributed by atoms with Crippen LogP contribution in [0.1, 0.15) is 23.1 Å². The number of rotatable bonds is 6. The molecule has 0 atom stereocenters. The molecular formula is C22H19N5O3. The standard InChI is InChI=1S/C22H19N5O3/c1-14(28)16-5-9-19(10-6-16)30-13-22(29)23-18-7-3-17(4-8-18)20-11-12-21-25-24-15(2)27(21)26-20/h3-12H,13H2,1-2H3,(H,23,29). The molecule has 30 heavy (non-hydrogen) atoms. The fourth-order valence-electron chi connectivity index (χ4n) is 2.91. The van der Waals surface area contributed by atoms with Crippen molar-refractivity contribution in [2.45, 2.75) is 13.8 Å². The van der Waals surface area contributed by atoms with E-state index in [1.165, 1.54) is 6.92 Å². The zero-order chi connectivity index (χ0) is 21.1. The van der Waals surface area contributed by atoms with E-state index in [1.807, 2.05) is 31.2 Å². The first-order chi connectivity index (χ1) is 14.5. The van der Waals surface area contributed by atoms with E-state index in [9.17, 15) is 9.59 Å². The number of nitrogens with one attached hydrogen (secondary N) is 1. The topological polar surface area (TPSA) is 98.5 Å². The second kappa shape index (κ2) is 8.12. The molecule has 1 amide bonds. The van der Waals surface area contributed by atoms with E-state index in [0.717, 1.165) is 11.3 Å². The van der Waals surface area contributed by atoms with Crippen molar-refractivity contribution < 1.29 is 14.3 Å². The predicted octanol–water partition coefficient (Wildman–Crippen LogP) is 3.32. The number of aryl methyl sites for hydroxylation is 1. The summed E-state index contributed by atoms with van der Waals surface area (Å²) in [5.41, 5.74) is 3.63. The smallest absolute Gasteiger partial charge is 0.262 e. The summed E-state index contributed by atoms with van der Waals surface area (Å²) in [4.78, 5) is 23.4. The van der Waals surface area contributed by atoms with Crippen molar-refractivity contribution in [3.05, 3.63) is 72.1 Å². The number of hydrogen-bond acceptors (Lipinski definition) is 6. The average Bonchev–Trinajstić information content (AvgIpc) is 3.13. The minimum Gasteiger partial charge on any atom is -0.484 e. The van der Waals surface area contributed by atoms with Gasteiger partial charge in [0.05, 0.1) is 5.69 Å². The quantitative estimate of drug-likeness (QED) is 0.498. The van der Waals surface area contributed by atoms with Gasteiger partial charge < -0.3 is 10.1 Å². The number of Topliss-reactive ketones (excluding diaryl/α,β-unsaturated/α-hetero) is 1. The molecule has 0 saturated carbocycles.